The third-order valence-electron chi connectivity index (χ3n) is 2.88. The first-order chi connectivity index (χ1) is 8.65. The number of nitrogens with one attached hydrogen (secondary N) is 2. The molecule has 1 aliphatic rings. The molecule has 1 saturated heterocycles. The van der Waals surface area contributed by atoms with Gasteiger partial charge in [0, 0.05) is 17.7 Å². The van der Waals surface area contributed by atoms with Crippen molar-refractivity contribution in [2.45, 2.75) is 25.4 Å². The number of carbonyl (C=O) groups is 1. The van der Waals surface area contributed by atoms with E-state index < -0.39 is 0 Å². The van der Waals surface area contributed by atoms with Crippen LogP contribution < -0.4 is 10.6 Å². The molecule has 1 aromatic carbocycles. The van der Waals surface area contributed by atoms with Gasteiger partial charge in [0.2, 0.25) is 5.91 Å². The number of carbonyl (C=O) groups excluding carboxylic acids is 1. The summed E-state index contributed by atoms with van der Waals surface area (Å²) in [6.07, 6.45) is 0.714. The summed E-state index contributed by atoms with van der Waals surface area (Å²) in [4.78, 5) is 11.9. The van der Waals surface area contributed by atoms with Crippen LogP contribution in [0.15, 0.2) is 24.3 Å². The Morgan fingerprint density at radius 2 is 2.21 bits per heavy atom. The lowest BCUT2D eigenvalue weighted by Crippen LogP contribution is -2.46. The van der Waals surface area contributed by atoms with Gasteiger partial charge in [0.05, 0.1) is 6.04 Å². The van der Waals surface area contributed by atoms with Crippen molar-refractivity contribution in [3.63, 3.8) is 0 Å². The van der Waals surface area contributed by atoms with Crippen LogP contribution in [0.25, 0.3) is 0 Å². The highest BCUT2D eigenvalue weighted by molar-refractivity contribution is 7.99. The zero-order chi connectivity index (χ0) is 13.0. The van der Waals surface area contributed by atoms with E-state index in [2.05, 4.69) is 10.6 Å². The van der Waals surface area contributed by atoms with Crippen LogP contribution in [0.3, 0.4) is 0 Å². The molecule has 0 radical (unpaired) electrons. The average Bonchev–Trinajstić information content (AvgIpc) is 2.85. The van der Waals surface area contributed by atoms with Crippen molar-refractivity contribution in [3.05, 3.63) is 35.6 Å². The van der Waals surface area contributed by atoms with Gasteiger partial charge in [0.25, 0.3) is 0 Å². The molecule has 1 aliphatic heterocycles. The van der Waals surface area contributed by atoms with E-state index in [0.29, 0.717) is 6.42 Å². The van der Waals surface area contributed by atoms with Crippen LogP contribution >= 0.6 is 24.2 Å². The number of hydrogen-bond acceptors (Lipinski definition) is 3. The van der Waals surface area contributed by atoms with E-state index in [1.165, 1.54) is 12.1 Å². The van der Waals surface area contributed by atoms with E-state index in [4.69, 9.17) is 0 Å². The number of benzene rings is 1. The van der Waals surface area contributed by atoms with Gasteiger partial charge in [-0.15, -0.1) is 24.2 Å². The monoisotopic (exact) mass is 304 g/mol. The van der Waals surface area contributed by atoms with E-state index in [0.717, 1.165) is 17.2 Å². The molecule has 106 valence electrons. The molecule has 1 amide bonds. The molecule has 2 N–H and O–H groups in total. The third-order valence-corrected chi connectivity index (χ3v) is 3.82. The fourth-order valence-electron chi connectivity index (χ4n) is 1.93. The molecule has 6 heteroatoms. The zero-order valence-corrected chi connectivity index (χ0v) is 12.3. The van der Waals surface area contributed by atoms with Gasteiger partial charge in [-0.3, -0.25) is 10.1 Å². The second-order valence-electron chi connectivity index (χ2n) is 4.51. The molecule has 0 spiro atoms. The van der Waals surface area contributed by atoms with Crippen molar-refractivity contribution in [3.8, 4) is 0 Å². The highest BCUT2D eigenvalue weighted by Gasteiger charge is 2.23. The molecule has 0 aromatic heterocycles. The maximum absolute atomic E-state index is 12.8. The number of rotatable bonds is 4. The number of thioether (sulfide) groups is 1. The van der Waals surface area contributed by atoms with Crippen LogP contribution in [0.1, 0.15) is 12.5 Å². The fourth-order valence-corrected chi connectivity index (χ4v) is 2.87. The molecule has 19 heavy (non-hydrogen) atoms. The molecule has 3 nitrogen and oxygen atoms in total. The van der Waals surface area contributed by atoms with Crippen molar-refractivity contribution < 1.29 is 9.18 Å². The molecule has 2 atom stereocenters. The Balaban J connectivity index is 0.00000180. The summed E-state index contributed by atoms with van der Waals surface area (Å²) in [6, 6.07) is 6.36. The molecule has 0 saturated carbocycles. The normalized spacial score (nSPS) is 19.6. The SMILES string of the molecule is CC(Cc1ccc(F)cc1)NC(=O)[C@H]1CSCN1.Cl. The van der Waals surface area contributed by atoms with Gasteiger partial charge in [-0.1, -0.05) is 12.1 Å². The van der Waals surface area contributed by atoms with E-state index in [1.54, 1.807) is 23.9 Å². The summed E-state index contributed by atoms with van der Waals surface area (Å²) < 4.78 is 12.8. The summed E-state index contributed by atoms with van der Waals surface area (Å²) in [5.41, 5.74) is 1.03. The summed E-state index contributed by atoms with van der Waals surface area (Å²) in [5.74, 6) is 1.48. The lowest BCUT2D eigenvalue weighted by Gasteiger charge is -2.17. The van der Waals surface area contributed by atoms with Crippen LogP contribution in [-0.4, -0.2) is 29.6 Å². The van der Waals surface area contributed by atoms with Crippen molar-refractivity contribution in [1.29, 1.82) is 0 Å². The van der Waals surface area contributed by atoms with Crippen LogP contribution in [-0.2, 0) is 11.2 Å². The molecule has 2 rings (SSSR count). The van der Waals surface area contributed by atoms with E-state index in [9.17, 15) is 9.18 Å². The molecule has 0 aliphatic carbocycles. The van der Waals surface area contributed by atoms with Crippen LogP contribution in [0.5, 0.6) is 0 Å². The molecule has 1 heterocycles. The molecule has 1 fully saturated rings. The van der Waals surface area contributed by atoms with Crippen LogP contribution in [0.2, 0.25) is 0 Å². The Kier molecular flexibility index (Phi) is 6.62. The van der Waals surface area contributed by atoms with Crippen molar-refractivity contribution >= 4 is 30.1 Å². The lowest BCUT2D eigenvalue weighted by atomic mass is 10.1. The number of hydrogen-bond donors (Lipinski definition) is 2. The Bertz CT molecular complexity index is 410. The maximum Gasteiger partial charge on any atom is 0.238 e. The second kappa shape index (κ2) is 7.72. The van der Waals surface area contributed by atoms with E-state index in [-0.39, 0.29) is 36.2 Å². The van der Waals surface area contributed by atoms with Crippen LogP contribution in [0.4, 0.5) is 4.39 Å². The molecule has 1 unspecified atom stereocenters. The van der Waals surface area contributed by atoms with Gasteiger partial charge in [0.1, 0.15) is 5.82 Å². The molecule has 1 aromatic rings. The Morgan fingerprint density at radius 1 is 1.53 bits per heavy atom. The van der Waals surface area contributed by atoms with Gasteiger partial charge in [-0.25, -0.2) is 4.39 Å². The van der Waals surface area contributed by atoms with Crippen molar-refractivity contribution in [2.24, 2.45) is 0 Å². The quantitative estimate of drug-likeness (QED) is 0.893. The van der Waals surface area contributed by atoms with Gasteiger partial charge in [-0.05, 0) is 31.0 Å². The maximum atomic E-state index is 12.8. The molecule has 0 bridgehead atoms. The highest BCUT2D eigenvalue weighted by atomic mass is 35.5. The van der Waals surface area contributed by atoms with Gasteiger partial charge < -0.3 is 5.32 Å². The lowest BCUT2D eigenvalue weighted by molar-refractivity contribution is -0.123. The third kappa shape index (κ3) is 5.01. The summed E-state index contributed by atoms with van der Waals surface area (Å²) in [5, 5.41) is 6.11. The first-order valence-corrected chi connectivity index (χ1v) is 7.16. The first kappa shape index (κ1) is 16.3. The van der Waals surface area contributed by atoms with E-state index in [1.807, 2.05) is 6.92 Å². The van der Waals surface area contributed by atoms with Crippen molar-refractivity contribution in [1.82, 2.24) is 10.6 Å². The smallest absolute Gasteiger partial charge is 0.238 e. The van der Waals surface area contributed by atoms with Crippen molar-refractivity contribution in [2.75, 3.05) is 11.6 Å². The zero-order valence-electron chi connectivity index (χ0n) is 10.7. The Hall–Kier alpha value is -0.780. The summed E-state index contributed by atoms with van der Waals surface area (Å²) in [7, 11) is 0. The summed E-state index contributed by atoms with van der Waals surface area (Å²) in [6.45, 7) is 1.96. The number of amides is 1. The second-order valence-corrected chi connectivity index (χ2v) is 5.54. The highest BCUT2D eigenvalue weighted by Crippen LogP contribution is 2.10. The first-order valence-electron chi connectivity index (χ1n) is 6.01. The minimum atomic E-state index is -0.234. The largest absolute Gasteiger partial charge is 0.352 e. The predicted molar refractivity (Wildman–Crippen MR) is 79.2 cm³/mol. The Morgan fingerprint density at radius 3 is 2.79 bits per heavy atom. The van der Waals surface area contributed by atoms with Crippen LogP contribution in [0, 0.1) is 5.82 Å². The topological polar surface area (TPSA) is 41.1 Å². The Labute approximate surface area is 123 Å². The standard InChI is InChI=1S/C13H17FN2OS.ClH/c1-9(6-10-2-4-11(14)5-3-10)16-13(17)12-7-18-8-15-12;/h2-5,9,12,15H,6-8H2,1H3,(H,16,17);1H/t9?,12-;/m1./s1. The minimum Gasteiger partial charge on any atom is -0.352 e. The fraction of sp³-hybridized carbons (Fsp3) is 0.462. The van der Waals surface area contributed by atoms with Gasteiger partial charge in [-0.2, -0.15) is 0 Å². The average molecular weight is 305 g/mol. The van der Waals surface area contributed by atoms with Gasteiger partial charge in [0.15, 0.2) is 0 Å². The number of halogens is 2. The summed E-state index contributed by atoms with van der Waals surface area (Å²) >= 11 is 1.73. The van der Waals surface area contributed by atoms with Gasteiger partial charge >= 0.3 is 0 Å². The molecular weight excluding hydrogens is 287 g/mol. The molecular formula is C13H18ClFN2OS. The van der Waals surface area contributed by atoms with E-state index >= 15 is 0 Å². The predicted octanol–water partition coefficient (Wildman–Crippen LogP) is 1.96. The minimum absolute atomic E-state index is 0.